The van der Waals surface area contributed by atoms with Gasteiger partial charge in [-0.25, -0.2) is 7.11 Å². The predicted octanol–water partition coefficient (Wildman–Crippen LogP) is 1.44. The van der Waals surface area contributed by atoms with Gasteiger partial charge >= 0.3 is 92.6 Å². The van der Waals surface area contributed by atoms with Gasteiger partial charge in [-0.15, -0.1) is 0 Å². The summed E-state index contributed by atoms with van der Waals surface area (Å²) < 4.78 is 0. The van der Waals surface area contributed by atoms with Crippen LogP contribution >= 0.6 is 37.2 Å². The van der Waals surface area contributed by atoms with Crippen molar-refractivity contribution < 1.29 is 60.5 Å². The molecular weight excluding hydrogens is 848 g/mol. The van der Waals surface area contributed by atoms with E-state index >= 15 is 0 Å². The molecule has 0 unspecified atom stereocenters. The fourth-order valence-corrected chi connectivity index (χ4v) is 0. The van der Waals surface area contributed by atoms with Crippen molar-refractivity contribution in [2.24, 2.45) is 0 Å². The summed E-state index contributed by atoms with van der Waals surface area (Å²) in [7, 11) is 2.25. The van der Waals surface area contributed by atoms with Gasteiger partial charge in [0, 0.05) is 0 Å². The molecule has 0 heterocycles. The first-order chi connectivity index (χ1) is 5.41. The van der Waals surface area contributed by atoms with Gasteiger partial charge in [0.2, 0.25) is 0 Å². The Bertz CT molecular complexity index is 21.7. The first-order valence-corrected chi connectivity index (χ1v) is 15.3. The van der Waals surface area contributed by atoms with Gasteiger partial charge in [0.1, 0.15) is 0 Å². The monoisotopic (exact) mass is 867 g/mol. The van der Waals surface area contributed by atoms with Crippen molar-refractivity contribution in [3.63, 3.8) is 0 Å². The van der Waals surface area contributed by atoms with Crippen LogP contribution in [-0.2, 0) is 42.1 Å². The summed E-state index contributed by atoms with van der Waals surface area (Å²) in [6, 6.07) is 0. The number of aliphatic hydroxyl groups excluding tert-OH is 1. The molecule has 0 atom stereocenters. The van der Waals surface area contributed by atoms with Gasteiger partial charge in [0.05, 0.1) is 0 Å². The molecule has 0 saturated heterocycles. The first-order valence-electron chi connectivity index (χ1n) is 2.72. The maximum Gasteiger partial charge on any atom is 2.00 e. The minimum absolute atomic E-state index is 0. The maximum absolute atomic E-state index is 6.75. The predicted molar refractivity (Wildman–Crippen MR) is 68.4 cm³/mol. The van der Waals surface area contributed by atoms with E-state index in [0.717, 1.165) is 0 Å². The molecule has 0 bridgehead atoms. The smallest absolute Gasteiger partial charge is 0.569 e. The molecule has 6 heteroatoms. The van der Waals surface area contributed by atoms with Crippen LogP contribution in [0.25, 0.3) is 0 Å². The van der Waals surface area contributed by atoms with E-state index in [-0.39, 0.29) is 42.1 Å². The van der Waals surface area contributed by atoms with Gasteiger partial charge in [-0.2, -0.15) is 20.8 Å². The summed E-state index contributed by atoms with van der Waals surface area (Å²) in [6.07, 6.45) is 0. The van der Waals surface area contributed by atoms with Crippen molar-refractivity contribution in [3.8, 4) is 0 Å². The molecule has 13 heavy (non-hydrogen) atoms. The van der Waals surface area contributed by atoms with Crippen molar-refractivity contribution in [3.05, 3.63) is 27.9 Å². The molecule has 0 aromatic carbocycles. The molecule has 1 N–H and O–H groups in total. The van der Waals surface area contributed by atoms with Crippen LogP contribution in [-0.4, -0.2) is 5.11 Å². The summed E-state index contributed by atoms with van der Waals surface area (Å²) in [6.45, 7) is 15.0. The molecule has 0 aliphatic rings. The van der Waals surface area contributed by atoms with Crippen LogP contribution in [0.4, 0.5) is 0 Å². The average Bonchev–Trinajstić information content (AvgIpc) is 2.18. The summed E-state index contributed by atoms with van der Waals surface area (Å²) >= 11 is 5.30. The van der Waals surface area contributed by atoms with Crippen molar-refractivity contribution in [2.75, 3.05) is 0 Å². The van der Waals surface area contributed by atoms with E-state index < -0.39 is 0 Å². The van der Waals surface area contributed by atoms with Crippen molar-refractivity contribution in [1.82, 2.24) is 0 Å². The SMILES string of the molecule is I[I-]I.[CH2-]C.[CH2-]C.[CH2-]C.[CH2-]O.[W+2].[W+2]. The molecule has 0 saturated carbocycles. The molecule has 1 nitrogen and oxygen atoms in total. The Kier molecular flexibility index (Phi) is 540. The third kappa shape index (κ3) is 228. The van der Waals surface area contributed by atoms with Gasteiger partial charge in [-0.1, -0.05) is 0 Å². The minimum atomic E-state index is 0. The van der Waals surface area contributed by atoms with Gasteiger partial charge in [-0.05, 0) is 0 Å². The van der Waals surface area contributed by atoms with E-state index in [2.05, 4.69) is 65.1 Å². The first kappa shape index (κ1) is 43.9. The number of aliphatic hydroxyl groups is 1. The van der Waals surface area contributed by atoms with Crippen LogP contribution < -0.4 is 13.3 Å². The Hall–Kier alpha value is 3.53. The summed E-state index contributed by atoms with van der Waals surface area (Å²) in [5.74, 6) is 0. The molecule has 0 amide bonds. The van der Waals surface area contributed by atoms with E-state index in [9.17, 15) is 0 Å². The molecular formula is C7H18I3OW2-. The van der Waals surface area contributed by atoms with Gasteiger partial charge in [0.25, 0.3) is 0 Å². The third-order valence-corrected chi connectivity index (χ3v) is 0. The molecule has 0 fully saturated rings. The zero-order chi connectivity index (χ0) is 10.7. The fourth-order valence-electron chi connectivity index (χ4n) is 0. The standard InChI is InChI=1S/3C2H5.CH3O.I3.2W/c4*1-2;1-3-2;;/h3*1H2,2H3;2H,1H2;;;/q5*-1;2*+2. The van der Waals surface area contributed by atoms with Crippen molar-refractivity contribution >= 4 is 37.2 Å². The summed E-state index contributed by atoms with van der Waals surface area (Å²) in [5, 5.41) is 6.75. The Morgan fingerprint density at radius 2 is 0.769 bits per heavy atom. The van der Waals surface area contributed by atoms with Gasteiger partial charge in [0.15, 0.2) is 0 Å². The molecule has 0 rings (SSSR count). The topological polar surface area (TPSA) is 20.2 Å². The number of halogens is 3. The van der Waals surface area contributed by atoms with Crippen LogP contribution in [0.3, 0.4) is 0 Å². The molecule has 0 spiro atoms. The van der Waals surface area contributed by atoms with E-state index in [1.54, 1.807) is 20.8 Å². The molecule has 0 aromatic heterocycles. The second-order valence-corrected chi connectivity index (χ2v) is 16.3. The van der Waals surface area contributed by atoms with E-state index in [1.165, 1.54) is 0 Å². The second-order valence-electron chi connectivity index (χ2n) is 0.0540. The Labute approximate surface area is 144 Å². The average molecular weight is 867 g/mol. The van der Waals surface area contributed by atoms with Gasteiger partial charge in [-0.3, -0.25) is 0 Å². The largest absolute Gasteiger partial charge is 2.00 e. The number of hydrogen-bond donors (Lipinski definition) is 1. The Morgan fingerprint density at radius 3 is 0.769 bits per heavy atom. The molecule has 0 aliphatic heterocycles. The van der Waals surface area contributed by atoms with E-state index in [1.807, 2.05) is 0 Å². The van der Waals surface area contributed by atoms with Crippen LogP contribution in [0.15, 0.2) is 0 Å². The van der Waals surface area contributed by atoms with E-state index in [4.69, 9.17) is 5.11 Å². The summed E-state index contributed by atoms with van der Waals surface area (Å²) in [4.78, 5) is 0. The van der Waals surface area contributed by atoms with E-state index in [0.29, 0.717) is 13.3 Å². The van der Waals surface area contributed by atoms with Crippen LogP contribution in [0, 0.1) is 27.9 Å². The Balaban J connectivity index is -0.00000000676. The minimum Gasteiger partial charge on any atom is -0.569 e. The Morgan fingerprint density at radius 1 is 0.769 bits per heavy atom. The van der Waals surface area contributed by atoms with Crippen molar-refractivity contribution in [2.45, 2.75) is 20.8 Å². The fraction of sp³-hybridized carbons (Fsp3) is 0.429. The zero-order valence-corrected chi connectivity index (χ0v) is 20.6. The molecule has 0 aliphatic carbocycles. The van der Waals surface area contributed by atoms with Gasteiger partial charge < -0.3 is 25.9 Å². The van der Waals surface area contributed by atoms with Crippen molar-refractivity contribution in [1.29, 1.82) is 0 Å². The molecule has 0 radical (unpaired) electrons. The van der Waals surface area contributed by atoms with Crippen LogP contribution in [0.5, 0.6) is 0 Å². The third-order valence-electron chi connectivity index (χ3n) is 0. The quantitative estimate of drug-likeness (QED) is 0.289. The number of hydrogen-bond acceptors (Lipinski definition) is 1. The molecule has 86 valence electrons. The summed E-state index contributed by atoms with van der Waals surface area (Å²) in [5.41, 5.74) is 0. The molecule has 0 aromatic rings. The zero-order valence-electron chi connectivity index (χ0n) is 8.23. The van der Waals surface area contributed by atoms with Crippen LogP contribution in [0.1, 0.15) is 20.8 Å². The number of rotatable bonds is 0. The second kappa shape index (κ2) is 160. The van der Waals surface area contributed by atoms with Crippen LogP contribution in [0.2, 0.25) is 0 Å². The maximum atomic E-state index is 6.75. The normalized spacial score (nSPS) is 3.54.